The van der Waals surface area contributed by atoms with Crippen molar-refractivity contribution in [2.75, 3.05) is 30.8 Å². The van der Waals surface area contributed by atoms with Crippen LogP contribution in [0.4, 0.5) is 11.4 Å². The minimum absolute atomic E-state index is 0.211. The Bertz CT molecular complexity index is 440. The fourth-order valence-corrected chi connectivity index (χ4v) is 2.19. The first kappa shape index (κ1) is 12.7. The van der Waals surface area contributed by atoms with Gasteiger partial charge >= 0.3 is 5.97 Å². The van der Waals surface area contributed by atoms with Crippen LogP contribution in [0, 0.1) is 0 Å². The molecule has 0 bridgehead atoms. The van der Waals surface area contributed by atoms with Gasteiger partial charge < -0.3 is 20.5 Å². The zero-order valence-corrected chi connectivity index (χ0v) is 10.4. The van der Waals surface area contributed by atoms with Gasteiger partial charge in [-0.1, -0.05) is 0 Å². The van der Waals surface area contributed by atoms with Gasteiger partial charge in [-0.05, 0) is 31.0 Å². The molecule has 3 N–H and O–H groups in total. The van der Waals surface area contributed by atoms with Gasteiger partial charge in [0, 0.05) is 13.1 Å². The molecule has 0 unspecified atom stereocenters. The van der Waals surface area contributed by atoms with Gasteiger partial charge in [0.25, 0.3) is 0 Å². The van der Waals surface area contributed by atoms with Crippen LogP contribution in [0.3, 0.4) is 0 Å². The molecule has 0 saturated carbocycles. The van der Waals surface area contributed by atoms with Crippen molar-refractivity contribution in [3.8, 4) is 0 Å². The second kappa shape index (κ2) is 5.27. The smallest absolute Gasteiger partial charge is 0.337 e. The molecular weight excluding hydrogens is 232 g/mol. The molecule has 0 spiro atoms. The van der Waals surface area contributed by atoms with E-state index in [1.54, 1.807) is 12.1 Å². The summed E-state index contributed by atoms with van der Waals surface area (Å²) in [4.78, 5) is 13.5. The molecule has 0 amide bonds. The average Bonchev–Trinajstić information content (AvgIpc) is 2.39. The first-order chi connectivity index (χ1) is 8.61. The summed E-state index contributed by atoms with van der Waals surface area (Å²) in [5, 5.41) is 9.47. The van der Waals surface area contributed by atoms with Gasteiger partial charge in [-0.25, -0.2) is 4.79 Å². The lowest BCUT2D eigenvalue weighted by atomic mass is 10.1. The number of carbonyl (C=O) groups excluding carboxylic acids is 1. The maximum absolute atomic E-state index is 11.4. The Labute approximate surface area is 106 Å². The van der Waals surface area contributed by atoms with E-state index in [1.165, 1.54) is 7.11 Å². The average molecular weight is 250 g/mol. The van der Waals surface area contributed by atoms with Crippen LogP contribution >= 0.6 is 0 Å². The molecule has 5 nitrogen and oxygen atoms in total. The Morgan fingerprint density at radius 1 is 1.44 bits per heavy atom. The van der Waals surface area contributed by atoms with E-state index in [0.717, 1.165) is 31.6 Å². The SMILES string of the molecule is COC(=O)c1ccc(N2CCC(O)CC2)c(N)c1. The van der Waals surface area contributed by atoms with E-state index in [1.807, 2.05) is 6.07 Å². The summed E-state index contributed by atoms with van der Waals surface area (Å²) in [6.45, 7) is 1.56. The van der Waals surface area contributed by atoms with Crippen molar-refractivity contribution in [1.29, 1.82) is 0 Å². The Balaban J connectivity index is 2.17. The fraction of sp³-hybridized carbons (Fsp3) is 0.462. The van der Waals surface area contributed by atoms with E-state index in [4.69, 9.17) is 5.73 Å². The number of anilines is 2. The van der Waals surface area contributed by atoms with Gasteiger partial charge in [0.05, 0.1) is 30.2 Å². The minimum Gasteiger partial charge on any atom is -0.465 e. The standard InChI is InChI=1S/C13H18N2O3/c1-18-13(17)9-2-3-12(11(14)8-9)15-6-4-10(16)5-7-15/h2-3,8,10,16H,4-7,14H2,1H3. The molecule has 2 rings (SSSR count). The number of piperidine rings is 1. The van der Waals surface area contributed by atoms with Gasteiger partial charge in [-0.2, -0.15) is 0 Å². The molecular formula is C13H18N2O3. The summed E-state index contributed by atoms with van der Waals surface area (Å²) in [5.74, 6) is -0.387. The highest BCUT2D eigenvalue weighted by atomic mass is 16.5. The molecule has 0 radical (unpaired) electrons. The number of hydrogen-bond acceptors (Lipinski definition) is 5. The van der Waals surface area contributed by atoms with Crippen LogP contribution < -0.4 is 10.6 Å². The highest BCUT2D eigenvalue weighted by Gasteiger charge is 2.19. The number of ether oxygens (including phenoxy) is 1. The van der Waals surface area contributed by atoms with Crippen molar-refractivity contribution in [2.24, 2.45) is 0 Å². The Hall–Kier alpha value is -1.75. The number of nitrogens with zero attached hydrogens (tertiary/aromatic N) is 1. The molecule has 1 aromatic rings. The van der Waals surface area contributed by atoms with Crippen LogP contribution in [0.1, 0.15) is 23.2 Å². The van der Waals surface area contributed by atoms with Crippen molar-refractivity contribution in [3.63, 3.8) is 0 Å². The molecule has 18 heavy (non-hydrogen) atoms. The van der Waals surface area contributed by atoms with Gasteiger partial charge in [0.2, 0.25) is 0 Å². The predicted octanol–water partition coefficient (Wildman–Crippen LogP) is 1.02. The zero-order chi connectivity index (χ0) is 13.1. The quantitative estimate of drug-likeness (QED) is 0.605. The molecule has 0 aliphatic carbocycles. The number of rotatable bonds is 2. The van der Waals surface area contributed by atoms with E-state index in [2.05, 4.69) is 9.64 Å². The third kappa shape index (κ3) is 2.56. The fourth-order valence-electron chi connectivity index (χ4n) is 2.19. The molecule has 1 aromatic carbocycles. The second-order valence-corrected chi connectivity index (χ2v) is 4.48. The maximum atomic E-state index is 11.4. The number of nitrogen functional groups attached to an aromatic ring is 1. The summed E-state index contributed by atoms with van der Waals surface area (Å²) >= 11 is 0. The molecule has 0 aromatic heterocycles. The zero-order valence-electron chi connectivity index (χ0n) is 10.4. The third-order valence-electron chi connectivity index (χ3n) is 3.25. The van der Waals surface area contributed by atoms with Crippen molar-refractivity contribution < 1.29 is 14.6 Å². The number of aliphatic hydroxyl groups excluding tert-OH is 1. The monoisotopic (exact) mass is 250 g/mol. The van der Waals surface area contributed by atoms with Crippen LogP contribution in [0.5, 0.6) is 0 Å². The predicted molar refractivity (Wildman–Crippen MR) is 69.6 cm³/mol. The Morgan fingerprint density at radius 3 is 2.67 bits per heavy atom. The van der Waals surface area contributed by atoms with E-state index in [-0.39, 0.29) is 12.1 Å². The molecule has 98 valence electrons. The maximum Gasteiger partial charge on any atom is 0.337 e. The molecule has 1 saturated heterocycles. The van der Waals surface area contributed by atoms with Crippen molar-refractivity contribution in [3.05, 3.63) is 23.8 Å². The molecule has 0 atom stereocenters. The largest absolute Gasteiger partial charge is 0.465 e. The van der Waals surface area contributed by atoms with Crippen molar-refractivity contribution >= 4 is 17.3 Å². The number of nitrogens with two attached hydrogens (primary N) is 1. The molecule has 1 aliphatic heterocycles. The van der Waals surface area contributed by atoms with Gasteiger partial charge in [-0.3, -0.25) is 0 Å². The molecule has 5 heteroatoms. The number of benzene rings is 1. The minimum atomic E-state index is -0.387. The van der Waals surface area contributed by atoms with E-state index < -0.39 is 0 Å². The van der Waals surface area contributed by atoms with Crippen molar-refractivity contribution in [2.45, 2.75) is 18.9 Å². The summed E-state index contributed by atoms with van der Waals surface area (Å²) in [6, 6.07) is 5.17. The van der Waals surface area contributed by atoms with Gasteiger partial charge in [0.1, 0.15) is 0 Å². The summed E-state index contributed by atoms with van der Waals surface area (Å²) < 4.78 is 4.65. The number of hydrogen-bond donors (Lipinski definition) is 2. The molecule has 1 fully saturated rings. The van der Waals surface area contributed by atoms with Crippen molar-refractivity contribution in [1.82, 2.24) is 0 Å². The first-order valence-electron chi connectivity index (χ1n) is 6.02. The van der Waals surface area contributed by atoms with E-state index >= 15 is 0 Å². The lowest BCUT2D eigenvalue weighted by molar-refractivity contribution is 0.0601. The molecule has 1 heterocycles. The lowest BCUT2D eigenvalue weighted by Crippen LogP contribution is -2.36. The second-order valence-electron chi connectivity index (χ2n) is 4.48. The van der Waals surface area contributed by atoms with E-state index in [0.29, 0.717) is 11.3 Å². The highest BCUT2D eigenvalue weighted by Crippen LogP contribution is 2.27. The van der Waals surface area contributed by atoms with Crippen LogP contribution in [0.15, 0.2) is 18.2 Å². The summed E-state index contributed by atoms with van der Waals surface area (Å²) in [5.41, 5.74) is 7.90. The number of carbonyl (C=O) groups is 1. The van der Waals surface area contributed by atoms with Gasteiger partial charge in [-0.15, -0.1) is 0 Å². The normalized spacial score (nSPS) is 16.7. The lowest BCUT2D eigenvalue weighted by Gasteiger charge is -2.32. The van der Waals surface area contributed by atoms with Crippen LogP contribution in [-0.4, -0.2) is 37.4 Å². The topological polar surface area (TPSA) is 75.8 Å². The first-order valence-corrected chi connectivity index (χ1v) is 6.02. The van der Waals surface area contributed by atoms with Crippen LogP contribution in [0.2, 0.25) is 0 Å². The summed E-state index contributed by atoms with van der Waals surface area (Å²) in [7, 11) is 1.35. The highest BCUT2D eigenvalue weighted by molar-refractivity contribution is 5.91. The Morgan fingerprint density at radius 2 is 2.11 bits per heavy atom. The Kier molecular flexibility index (Phi) is 3.72. The van der Waals surface area contributed by atoms with Gasteiger partial charge in [0.15, 0.2) is 0 Å². The summed E-state index contributed by atoms with van der Waals surface area (Å²) in [6.07, 6.45) is 1.29. The van der Waals surface area contributed by atoms with Crippen LogP contribution in [-0.2, 0) is 4.74 Å². The number of esters is 1. The molecule has 1 aliphatic rings. The third-order valence-corrected chi connectivity index (χ3v) is 3.25. The number of methoxy groups -OCH3 is 1. The van der Waals surface area contributed by atoms with E-state index in [9.17, 15) is 9.90 Å². The van der Waals surface area contributed by atoms with Crippen LogP contribution in [0.25, 0.3) is 0 Å². The number of aliphatic hydroxyl groups is 1.